The number of esters is 1. The van der Waals surface area contributed by atoms with E-state index in [4.69, 9.17) is 33.2 Å². The van der Waals surface area contributed by atoms with Gasteiger partial charge in [-0.25, -0.2) is 4.79 Å². The van der Waals surface area contributed by atoms with Gasteiger partial charge < -0.3 is 4.74 Å². The fourth-order valence-corrected chi connectivity index (χ4v) is 3.08. The van der Waals surface area contributed by atoms with Crippen LogP contribution in [0, 0.1) is 11.3 Å². The number of nitriles is 1. The van der Waals surface area contributed by atoms with Crippen LogP contribution in [0.1, 0.15) is 16.6 Å². The first kappa shape index (κ1) is 13.2. The number of carbonyl (C=O) groups is 1. The minimum absolute atomic E-state index is 0.288. The van der Waals surface area contributed by atoms with Gasteiger partial charge in [0.25, 0.3) is 0 Å². The summed E-state index contributed by atoms with van der Waals surface area (Å²) in [6.45, 7) is 1.50. The molecule has 1 aromatic heterocycles. The third kappa shape index (κ3) is 2.44. The Bertz CT molecular complexity index is 660. The number of nitrogens with zero attached hydrogens (tertiary/aromatic N) is 1. The van der Waals surface area contributed by atoms with Crippen molar-refractivity contribution >= 4 is 50.6 Å². The molecule has 1 heterocycles. The van der Waals surface area contributed by atoms with E-state index in [-0.39, 0.29) is 4.88 Å². The Kier molecular flexibility index (Phi) is 3.76. The predicted molar refractivity (Wildman–Crippen MR) is 72.3 cm³/mol. The minimum atomic E-state index is -0.803. The molecule has 1 aromatic carbocycles. The zero-order valence-corrected chi connectivity index (χ0v) is 11.6. The third-order valence-corrected chi connectivity index (χ3v) is 4.11. The van der Waals surface area contributed by atoms with Gasteiger partial charge in [-0.2, -0.15) is 5.26 Å². The van der Waals surface area contributed by atoms with Gasteiger partial charge in [-0.05, 0) is 19.1 Å². The molecule has 0 N–H and O–H groups in total. The van der Waals surface area contributed by atoms with Gasteiger partial charge in [0, 0.05) is 15.1 Å². The van der Waals surface area contributed by atoms with E-state index in [1.165, 1.54) is 18.3 Å². The van der Waals surface area contributed by atoms with Crippen molar-refractivity contribution in [2.75, 3.05) is 0 Å². The van der Waals surface area contributed by atoms with Crippen LogP contribution in [0.4, 0.5) is 0 Å². The summed E-state index contributed by atoms with van der Waals surface area (Å²) >= 11 is 13.2. The lowest BCUT2D eigenvalue weighted by Crippen LogP contribution is -2.12. The average molecular weight is 300 g/mol. The van der Waals surface area contributed by atoms with E-state index in [2.05, 4.69) is 0 Å². The molecule has 0 spiro atoms. The van der Waals surface area contributed by atoms with Gasteiger partial charge in [0.1, 0.15) is 10.9 Å². The molecule has 3 nitrogen and oxygen atoms in total. The Morgan fingerprint density at radius 2 is 2.22 bits per heavy atom. The van der Waals surface area contributed by atoms with Crippen molar-refractivity contribution in [2.24, 2.45) is 0 Å². The third-order valence-electron chi connectivity index (χ3n) is 2.24. The summed E-state index contributed by atoms with van der Waals surface area (Å²) in [5, 5.41) is 10.3. The van der Waals surface area contributed by atoms with Crippen LogP contribution in [-0.4, -0.2) is 12.1 Å². The Morgan fingerprint density at radius 3 is 2.89 bits per heavy atom. The molecule has 0 radical (unpaired) electrons. The van der Waals surface area contributed by atoms with E-state index in [9.17, 15) is 4.79 Å². The highest BCUT2D eigenvalue weighted by Gasteiger charge is 2.20. The van der Waals surface area contributed by atoms with Gasteiger partial charge in [-0.15, -0.1) is 11.3 Å². The van der Waals surface area contributed by atoms with E-state index < -0.39 is 12.1 Å². The Labute approximate surface area is 117 Å². The lowest BCUT2D eigenvalue weighted by atomic mass is 10.2. The first-order valence-electron chi connectivity index (χ1n) is 5.01. The molecule has 0 saturated carbocycles. The SMILES string of the molecule is C[C@H](C#N)OC(=O)c1sc2cc(Cl)ccc2c1Cl. The second-order valence-electron chi connectivity index (χ2n) is 3.56. The normalized spacial score (nSPS) is 12.1. The van der Waals surface area contributed by atoms with Crippen molar-refractivity contribution in [2.45, 2.75) is 13.0 Å². The maximum absolute atomic E-state index is 11.8. The van der Waals surface area contributed by atoms with Crippen LogP contribution in [0.3, 0.4) is 0 Å². The van der Waals surface area contributed by atoms with Crippen LogP contribution in [0.15, 0.2) is 18.2 Å². The molecule has 0 aliphatic carbocycles. The van der Waals surface area contributed by atoms with Gasteiger partial charge in [-0.3, -0.25) is 0 Å². The topological polar surface area (TPSA) is 50.1 Å². The lowest BCUT2D eigenvalue weighted by molar-refractivity contribution is 0.0441. The first-order chi connectivity index (χ1) is 8.52. The van der Waals surface area contributed by atoms with Crippen molar-refractivity contribution < 1.29 is 9.53 Å². The van der Waals surface area contributed by atoms with Gasteiger partial charge in [0.2, 0.25) is 0 Å². The molecule has 0 unspecified atom stereocenters. The number of ether oxygens (including phenoxy) is 1. The van der Waals surface area contributed by atoms with E-state index in [0.29, 0.717) is 10.0 Å². The van der Waals surface area contributed by atoms with Crippen molar-refractivity contribution in [1.82, 2.24) is 0 Å². The van der Waals surface area contributed by atoms with Gasteiger partial charge in [-0.1, -0.05) is 29.3 Å². The molecule has 92 valence electrons. The number of hydrogen-bond donors (Lipinski definition) is 0. The van der Waals surface area contributed by atoms with E-state index in [0.717, 1.165) is 10.1 Å². The minimum Gasteiger partial charge on any atom is -0.443 e. The summed E-state index contributed by atoms with van der Waals surface area (Å²) < 4.78 is 5.73. The van der Waals surface area contributed by atoms with Gasteiger partial charge in [0.15, 0.2) is 6.10 Å². The summed E-state index contributed by atoms with van der Waals surface area (Å²) in [5.74, 6) is -0.591. The zero-order valence-electron chi connectivity index (χ0n) is 9.24. The molecule has 0 saturated heterocycles. The molecule has 0 aliphatic heterocycles. The molecule has 6 heteroatoms. The first-order valence-corrected chi connectivity index (χ1v) is 6.58. The number of benzene rings is 1. The van der Waals surface area contributed by atoms with Crippen LogP contribution in [0.5, 0.6) is 0 Å². The van der Waals surface area contributed by atoms with Crippen LogP contribution >= 0.6 is 34.5 Å². The number of carbonyl (C=O) groups excluding carboxylic acids is 1. The fourth-order valence-electron chi connectivity index (χ4n) is 1.41. The molecular weight excluding hydrogens is 293 g/mol. The van der Waals surface area contributed by atoms with Crippen LogP contribution in [0.25, 0.3) is 10.1 Å². The van der Waals surface area contributed by atoms with Gasteiger partial charge >= 0.3 is 5.97 Å². The van der Waals surface area contributed by atoms with Crippen LogP contribution in [-0.2, 0) is 4.74 Å². The smallest absolute Gasteiger partial charge is 0.351 e. The molecule has 0 fully saturated rings. The molecular formula is C12H7Cl2NO2S. The standard InChI is InChI=1S/C12H7Cl2NO2S/c1-6(5-15)17-12(16)11-10(14)8-3-2-7(13)4-9(8)18-11/h2-4,6H,1H3/t6-/m1/s1. The van der Waals surface area contributed by atoms with Crippen LogP contribution in [0.2, 0.25) is 10.0 Å². The van der Waals surface area contributed by atoms with E-state index in [1.54, 1.807) is 18.2 Å². The molecule has 0 amide bonds. The summed E-state index contributed by atoms with van der Waals surface area (Å²) in [6.07, 6.45) is -0.803. The van der Waals surface area contributed by atoms with Gasteiger partial charge in [0.05, 0.1) is 5.02 Å². The monoisotopic (exact) mass is 299 g/mol. The molecule has 0 bridgehead atoms. The highest BCUT2D eigenvalue weighted by molar-refractivity contribution is 7.21. The number of thiophene rings is 1. The fraction of sp³-hybridized carbons (Fsp3) is 0.167. The van der Waals surface area contributed by atoms with E-state index in [1.807, 2.05) is 6.07 Å². The van der Waals surface area contributed by atoms with Crippen LogP contribution < -0.4 is 0 Å². The molecule has 1 atom stereocenters. The number of halogens is 2. The maximum Gasteiger partial charge on any atom is 0.351 e. The molecule has 2 aromatic rings. The highest BCUT2D eigenvalue weighted by atomic mass is 35.5. The number of fused-ring (bicyclic) bond motifs is 1. The van der Waals surface area contributed by atoms with Crippen molar-refractivity contribution in [3.05, 3.63) is 33.1 Å². The van der Waals surface area contributed by atoms with E-state index >= 15 is 0 Å². The zero-order chi connectivity index (χ0) is 13.3. The summed E-state index contributed by atoms with van der Waals surface area (Å²) in [4.78, 5) is 12.1. The predicted octanol–water partition coefficient (Wildman–Crippen LogP) is 4.28. The largest absolute Gasteiger partial charge is 0.443 e. The molecule has 0 aliphatic rings. The molecule has 2 rings (SSSR count). The maximum atomic E-state index is 11.8. The van der Waals surface area contributed by atoms with Crippen molar-refractivity contribution in [3.8, 4) is 6.07 Å². The average Bonchev–Trinajstić information content (AvgIpc) is 2.66. The second kappa shape index (κ2) is 5.15. The summed E-state index contributed by atoms with van der Waals surface area (Å²) in [6, 6.07) is 7.01. The summed E-state index contributed by atoms with van der Waals surface area (Å²) in [5.41, 5.74) is 0. The Hall–Kier alpha value is -1.28. The lowest BCUT2D eigenvalue weighted by Gasteiger charge is -2.03. The number of rotatable bonds is 2. The Morgan fingerprint density at radius 1 is 1.50 bits per heavy atom. The second-order valence-corrected chi connectivity index (χ2v) is 5.43. The number of hydrogen-bond acceptors (Lipinski definition) is 4. The van der Waals surface area contributed by atoms with Crippen molar-refractivity contribution in [3.63, 3.8) is 0 Å². The van der Waals surface area contributed by atoms with Crippen molar-refractivity contribution in [1.29, 1.82) is 5.26 Å². The Balaban J connectivity index is 2.43. The highest BCUT2D eigenvalue weighted by Crippen LogP contribution is 2.37. The molecule has 18 heavy (non-hydrogen) atoms. The summed E-state index contributed by atoms with van der Waals surface area (Å²) in [7, 11) is 0. The quantitative estimate of drug-likeness (QED) is 0.778.